The summed E-state index contributed by atoms with van der Waals surface area (Å²) in [5.41, 5.74) is 8.91. The van der Waals surface area contributed by atoms with Gasteiger partial charge < -0.3 is 21.0 Å². The second kappa shape index (κ2) is 7.23. The summed E-state index contributed by atoms with van der Waals surface area (Å²) in [5.74, 6) is -3.70. The lowest BCUT2D eigenvalue weighted by Gasteiger charge is -2.32. The minimum Gasteiger partial charge on any atom is -0.550 e. The zero-order chi connectivity index (χ0) is 19.0. The van der Waals surface area contributed by atoms with Gasteiger partial charge in [-0.25, -0.2) is 0 Å². The van der Waals surface area contributed by atoms with Crippen LogP contribution in [0.4, 0.5) is 5.00 Å². The number of carboxylic acids is 1. The van der Waals surface area contributed by atoms with E-state index >= 15 is 0 Å². The molecule has 0 saturated heterocycles. The highest BCUT2D eigenvalue weighted by atomic mass is 32.1. The monoisotopic (exact) mass is 375 g/mol. The third-order valence-corrected chi connectivity index (χ3v) is 6.77. The van der Waals surface area contributed by atoms with Crippen molar-refractivity contribution < 1.29 is 19.5 Å². The number of anilines is 1. The lowest BCUT2D eigenvalue weighted by Crippen LogP contribution is -2.42. The van der Waals surface area contributed by atoms with Gasteiger partial charge in [0.15, 0.2) is 0 Å². The number of carbonyl (C=O) groups excluding carboxylic acids is 3. The van der Waals surface area contributed by atoms with Crippen molar-refractivity contribution in [1.29, 1.82) is 0 Å². The van der Waals surface area contributed by atoms with Crippen molar-refractivity contribution >= 4 is 34.1 Å². The molecule has 6 nitrogen and oxygen atoms in total. The van der Waals surface area contributed by atoms with Gasteiger partial charge in [0.2, 0.25) is 5.91 Å². The number of carboxylic acid groups (broad SMARTS) is 1. The summed E-state index contributed by atoms with van der Waals surface area (Å²) >= 11 is 1.39. The quantitative estimate of drug-likeness (QED) is 0.781. The summed E-state index contributed by atoms with van der Waals surface area (Å²) in [6.45, 7) is 3.80. The van der Waals surface area contributed by atoms with E-state index < -0.39 is 23.7 Å². The first-order valence-electron chi connectivity index (χ1n) is 8.90. The predicted octanol–water partition coefficient (Wildman–Crippen LogP) is 1.78. The van der Waals surface area contributed by atoms with Gasteiger partial charge in [-0.15, -0.1) is 11.3 Å². The van der Waals surface area contributed by atoms with E-state index in [9.17, 15) is 19.5 Å². The van der Waals surface area contributed by atoms with E-state index in [1.54, 1.807) is 0 Å². The number of hydrogen-bond acceptors (Lipinski definition) is 5. The summed E-state index contributed by atoms with van der Waals surface area (Å²) in [4.78, 5) is 37.4. The molecule has 1 heterocycles. The average Bonchev–Trinajstić information content (AvgIpc) is 2.94. The lowest BCUT2D eigenvalue weighted by molar-refractivity contribution is -0.313. The van der Waals surface area contributed by atoms with E-state index in [0.29, 0.717) is 23.4 Å². The highest BCUT2D eigenvalue weighted by Crippen LogP contribution is 2.39. The first kappa shape index (κ1) is 18.6. The van der Waals surface area contributed by atoms with Gasteiger partial charge in [-0.2, -0.15) is 0 Å². The fourth-order valence-corrected chi connectivity index (χ4v) is 5.23. The number of thiophene rings is 1. The maximum absolute atomic E-state index is 12.9. The standard InChI is InChI=1S/C19H24N2O4S/c1-9-7-12(13(19(24)25)8-10(9)2)17(23)21-18-15(16(20)22)11-5-3-4-6-14(11)26-18/h12-13H,3-8H2,1-2H3,(H2,20,22)(H,21,23)(H,24,25)/p-1/t12-,13-/m1/s1. The minimum atomic E-state index is -1.21. The number of primary amides is 1. The minimum absolute atomic E-state index is 0.315. The zero-order valence-electron chi connectivity index (χ0n) is 15.0. The van der Waals surface area contributed by atoms with Crippen LogP contribution in [0.3, 0.4) is 0 Å². The number of nitrogens with one attached hydrogen (secondary N) is 1. The van der Waals surface area contributed by atoms with Crippen LogP contribution < -0.4 is 16.2 Å². The van der Waals surface area contributed by atoms with E-state index in [0.717, 1.165) is 47.3 Å². The lowest BCUT2D eigenvalue weighted by atomic mass is 9.76. The van der Waals surface area contributed by atoms with Gasteiger partial charge in [-0.1, -0.05) is 11.1 Å². The molecule has 0 fully saturated rings. The molecule has 2 aliphatic rings. The Morgan fingerprint density at radius 3 is 2.31 bits per heavy atom. The highest BCUT2D eigenvalue weighted by molar-refractivity contribution is 7.17. The van der Waals surface area contributed by atoms with E-state index in [-0.39, 0.29) is 5.91 Å². The molecular weight excluding hydrogens is 352 g/mol. The van der Waals surface area contributed by atoms with Crippen molar-refractivity contribution in [3.8, 4) is 0 Å². The molecule has 0 spiro atoms. The smallest absolute Gasteiger partial charge is 0.251 e. The van der Waals surface area contributed by atoms with Crippen LogP contribution in [0.5, 0.6) is 0 Å². The second-order valence-corrected chi connectivity index (χ2v) is 8.37. The van der Waals surface area contributed by atoms with Crippen LogP contribution in [-0.2, 0) is 22.4 Å². The topological polar surface area (TPSA) is 112 Å². The third kappa shape index (κ3) is 3.40. The summed E-state index contributed by atoms with van der Waals surface area (Å²) in [6, 6.07) is 0. The number of aryl methyl sites for hydroxylation is 1. The molecule has 3 N–H and O–H groups in total. The van der Waals surface area contributed by atoms with Gasteiger partial charge in [0.05, 0.1) is 11.5 Å². The van der Waals surface area contributed by atoms with Crippen LogP contribution in [0.2, 0.25) is 0 Å². The van der Waals surface area contributed by atoms with Crippen LogP contribution in [0.15, 0.2) is 11.1 Å². The molecule has 26 heavy (non-hydrogen) atoms. The number of rotatable bonds is 4. The molecule has 2 amide bonds. The van der Waals surface area contributed by atoms with Gasteiger partial charge in [-0.05, 0) is 57.9 Å². The van der Waals surface area contributed by atoms with Crippen molar-refractivity contribution in [2.75, 3.05) is 5.32 Å². The molecule has 0 unspecified atom stereocenters. The molecule has 0 aromatic carbocycles. The van der Waals surface area contributed by atoms with Crippen LogP contribution in [0.1, 0.15) is 60.3 Å². The number of nitrogens with two attached hydrogens (primary N) is 1. The number of carbonyl (C=O) groups is 3. The molecule has 1 aromatic heterocycles. The largest absolute Gasteiger partial charge is 0.550 e. The molecule has 140 valence electrons. The van der Waals surface area contributed by atoms with E-state index in [2.05, 4.69) is 5.32 Å². The fourth-order valence-electron chi connectivity index (χ4n) is 3.93. The maximum atomic E-state index is 12.9. The van der Waals surface area contributed by atoms with Gasteiger partial charge in [0.1, 0.15) is 5.00 Å². The maximum Gasteiger partial charge on any atom is 0.251 e. The molecule has 1 aromatic rings. The molecule has 7 heteroatoms. The molecule has 2 aliphatic carbocycles. The third-order valence-electron chi connectivity index (χ3n) is 5.56. The van der Waals surface area contributed by atoms with Gasteiger partial charge in [0, 0.05) is 16.8 Å². The Kier molecular flexibility index (Phi) is 5.18. The van der Waals surface area contributed by atoms with Gasteiger partial charge >= 0.3 is 0 Å². The average molecular weight is 375 g/mol. The first-order valence-corrected chi connectivity index (χ1v) is 9.72. The Labute approximate surface area is 156 Å². The molecule has 0 aliphatic heterocycles. The number of aliphatic carboxylic acids is 1. The van der Waals surface area contributed by atoms with Crippen molar-refractivity contribution in [2.24, 2.45) is 17.6 Å². The summed E-state index contributed by atoms with van der Waals surface area (Å²) in [6.07, 6.45) is 4.41. The van der Waals surface area contributed by atoms with Crippen molar-refractivity contribution in [1.82, 2.24) is 0 Å². The highest BCUT2D eigenvalue weighted by Gasteiger charge is 2.35. The van der Waals surface area contributed by atoms with Crippen LogP contribution >= 0.6 is 11.3 Å². The second-order valence-electron chi connectivity index (χ2n) is 7.27. The zero-order valence-corrected chi connectivity index (χ0v) is 15.8. The van der Waals surface area contributed by atoms with Gasteiger partial charge in [0.25, 0.3) is 5.91 Å². The predicted molar refractivity (Wildman–Crippen MR) is 97.7 cm³/mol. The molecule has 2 atom stereocenters. The summed E-state index contributed by atoms with van der Waals surface area (Å²) in [5, 5.41) is 14.8. The molecular formula is C19H23N2O4S-. The van der Waals surface area contributed by atoms with Crippen LogP contribution in [-0.4, -0.2) is 17.8 Å². The first-order chi connectivity index (χ1) is 12.3. The number of fused-ring (bicyclic) bond motifs is 1. The molecule has 0 radical (unpaired) electrons. The molecule has 0 bridgehead atoms. The number of amides is 2. The van der Waals surface area contributed by atoms with E-state index in [4.69, 9.17) is 5.73 Å². The summed E-state index contributed by atoms with van der Waals surface area (Å²) in [7, 11) is 0. The van der Waals surface area contributed by atoms with Gasteiger partial charge in [-0.3, -0.25) is 9.59 Å². The van der Waals surface area contributed by atoms with Crippen LogP contribution in [0, 0.1) is 11.8 Å². The Hall–Kier alpha value is -2.15. The van der Waals surface area contributed by atoms with Crippen LogP contribution in [0.25, 0.3) is 0 Å². The number of hydrogen-bond donors (Lipinski definition) is 2. The Balaban J connectivity index is 1.89. The molecule has 3 rings (SSSR count). The van der Waals surface area contributed by atoms with Crippen molar-refractivity contribution in [3.05, 3.63) is 27.2 Å². The van der Waals surface area contributed by atoms with Crippen molar-refractivity contribution in [3.63, 3.8) is 0 Å². The Morgan fingerprint density at radius 2 is 1.69 bits per heavy atom. The SMILES string of the molecule is CC1=C(C)C[C@@H](C(=O)Nc2sc3c(c2C(N)=O)CCCC3)[C@H](C(=O)[O-])C1. The van der Waals surface area contributed by atoms with Crippen molar-refractivity contribution in [2.45, 2.75) is 52.4 Å². The fraction of sp³-hybridized carbons (Fsp3) is 0.526. The Morgan fingerprint density at radius 1 is 1.08 bits per heavy atom. The van der Waals surface area contributed by atoms with E-state index in [1.807, 2.05) is 13.8 Å². The molecule has 0 saturated carbocycles. The number of allylic oxidation sites excluding steroid dienone is 2. The normalized spacial score (nSPS) is 22.7. The Bertz CT molecular complexity index is 809. The van der Waals surface area contributed by atoms with E-state index in [1.165, 1.54) is 11.3 Å². The summed E-state index contributed by atoms with van der Waals surface area (Å²) < 4.78 is 0.